The Morgan fingerprint density at radius 1 is 0.468 bits per heavy atom. The average Bonchev–Trinajstić information content (AvgIpc) is 3.36. The number of nitrogens with zero attached hydrogens (tertiary/aromatic N) is 2. The van der Waals surface area contributed by atoms with E-state index in [1.807, 2.05) is 52.8 Å². The molecule has 2 amide bonds. The number of carbonyl (C=O) groups excluding carboxylic acids is 5. The maximum absolute atomic E-state index is 11.6. The van der Waals surface area contributed by atoms with Crippen molar-refractivity contribution < 1.29 is 67.5 Å². The van der Waals surface area contributed by atoms with E-state index >= 15 is 0 Å². The van der Waals surface area contributed by atoms with Crippen molar-refractivity contribution in [1.29, 1.82) is 10.5 Å². The Morgan fingerprint density at radius 3 is 1.01 bits per heavy atom. The molecule has 0 heterocycles. The van der Waals surface area contributed by atoms with Crippen LogP contribution < -0.4 is 16.4 Å². The molecule has 5 rings (SSSR count). The quantitative estimate of drug-likeness (QED) is 0.0641. The van der Waals surface area contributed by atoms with Crippen molar-refractivity contribution in [3.63, 3.8) is 0 Å². The number of hydrogen-bond donors (Lipinski definition) is 5. The number of carboxylic acid groups (broad SMARTS) is 2. The van der Waals surface area contributed by atoms with Gasteiger partial charge in [0, 0.05) is 19.6 Å². The molecule has 0 bridgehead atoms. The van der Waals surface area contributed by atoms with Gasteiger partial charge in [-0.2, -0.15) is 10.5 Å². The maximum Gasteiger partial charge on any atom is 0.407 e. The molecule has 0 atom stereocenters. The van der Waals surface area contributed by atoms with Crippen LogP contribution in [0.15, 0.2) is 91.0 Å². The Bertz CT molecular complexity index is 2980. The summed E-state index contributed by atoms with van der Waals surface area (Å²) in [7, 11) is 4.04. The summed E-state index contributed by atoms with van der Waals surface area (Å²) in [4.78, 5) is 77.9. The molecule has 0 unspecified atom stereocenters. The van der Waals surface area contributed by atoms with Crippen LogP contribution in [0.3, 0.4) is 0 Å². The molecule has 0 aliphatic carbocycles. The van der Waals surface area contributed by atoms with E-state index in [-0.39, 0.29) is 29.0 Å². The molecule has 0 saturated heterocycles. The van der Waals surface area contributed by atoms with Gasteiger partial charge in [-0.25, -0.2) is 33.6 Å². The van der Waals surface area contributed by atoms with Crippen LogP contribution in [-0.4, -0.2) is 84.8 Å². The molecule has 0 fully saturated rings. The number of benzene rings is 5. The van der Waals surface area contributed by atoms with E-state index in [0.717, 1.165) is 38.9 Å². The summed E-state index contributed by atoms with van der Waals surface area (Å²) in [5.41, 5.74) is 14.5. The fraction of sp³-hybridized carbons (Fsp3) is 0.328. The predicted molar refractivity (Wildman–Crippen MR) is 287 cm³/mol. The van der Waals surface area contributed by atoms with Crippen LogP contribution in [-0.2, 0) is 43.3 Å². The number of carboxylic acids is 2. The number of hydrogen-bond acceptors (Lipinski definition) is 15. The number of rotatable bonds is 10. The van der Waals surface area contributed by atoms with Gasteiger partial charge in [0.25, 0.3) is 0 Å². The van der Waals surface area contributed by atoms with Crippen LogP contribution in [0.4, 0.5) is 9.59 Å². The minimum atomic E-state index is -0.970. The fourth-order valence-electron chi connectivity index (χ4n) is 6.26. The van der Waals surface area contributed by atoms with E-state index in [1.165, 1.54) is 45.6 Å². The Hall–Kier alpha value is -9.07. The molecule has 77 heavy (non-hydrogen) atoms. The van der Waals surface area contributed by atoms with Crippen LogP contribution in [0.25, 0.3) is 0 Å². The molecule has 0 aliphatic heterocycles. The minimum absolute atomic E-state index is 0.214. The van der Waals surface area contributed by atoms with Crippen molar-refractivity contribution in [3.8, 4) is 12.1 Å². The lowest BCUT2D eigenvalue weighted by atomic mass is 10.1. The Balaban J connectivity index is 0.000000489. The molecular weight excluding hydrogens is 991 g/mol. The first kappa shape index (κ1) is 65.9. The summed E-state index contributed by atoms with van der Waals surface area (Å²) in [6.45, 7) is 21.0. The number of nitriles is 2. The average molecular weight is 1060 g/mol. The van der Waals surface area contributed by atoms with E-state index in [4.69, 9.17) is 35.9 Å². The van der Waals surface area contributed by atoms with Crippen molar-refractivity contribution in [2.45, 2.75) is 107 Å². The summed E-state index contributed by atoms with van der Waals surface area (Å²) in [5, 5.41) is 40.0. The van der Waals surface area contributed by atoms with Gasteiger partial charge in [0.15, 0.2) is 0 Å². The van der Waals surface area contributed by atoms with E-state index in [9.17, 15) is 33.6 Å². The fourth-order valence-corrected chi connectivity index (χ4v) is 6.26. The molecular formula is C58H69N5O14. The van der Waals surface area contributed by atoms with Gasteiger partial charge in [-0.1, -0.05) is 18.2 Å². The van der Waals surface area contributed by atoms with Crippen molar-refractivity contribution in [3.05, 3.63) is 174 Å². The number of carbonyl (C=O) groups is 7. The van der Waals surface area contributed by atoms with Gasteiger partial charge in [-0.3, -0.25) is 0 Å². The SMILES string of the molecule is COC(=O)c1ccc(C#N)c(C)c1.COC(=O)c1ccc(CN)c(C)c1.COC(=O)c1ccc(CNC(=O)OC(C)(C)C)c(C)c1.Cc1cc(C(=O)O)ccc1C#N.Cc1cc(C(=O)O)ccc1CNC(=O)OC(C)(C)C. The van der Waals surface area contributed by atoms with E-state index < -0.39 is 35.3 Å². The lowest BCUT2D eigenvalue weighted by Crippen LogP contribution is -2.32. The van der Waals surface area contributed by atoms with Crippen molar-refractivity contribution in [2.75, 3.05) is 21.3 Å². The number of ether oxygens (including phenoxy) is 5. The Kier molecular flexibility index (Phi) is 27.1. The number of nitrogens with one attached hydrogen (secondary N) is 2. The highest BCUT2D eigenvalue weighted by atomic mass is 16.6. The number of alkyl carbamates (subject to hydrolysis) is 2. The number of esters is 3. The van der Waals surface area contributed by atoms with Gasteiger partial charge in [0.1, 0.15) is 11.2 Å². The van der Waals surface area contributed by atoms with Crippen LogP contribution in [0.2, 0.25) is 0 Å². The highest BCUT2D eigenvalue weighted by molar-refractivity contribution is 5.91. The van der Waals surface area contributed by atoms with Gasteiger partial charge >= 0.3 is 42.0 Å². The van der Waals surface area contributed by atoms with Crippen molar-refractivity contribution in [1.82, 2.24) is 10.6 Å². The second-order valence-corrected chi connectivity index (χ2v) is 18.7. The highest BCUT2D eigenvalue weighted by Gasteiger charge is 2.18. The van der Waals surface area contributed by atoms with Crippen molar-refractivity contribution in [2.24, 2.45) is 5.73 Å². The number of aromatic carboxylic acids is 2. The number of amides is 2. The lowest BCUT2D eigenvalue weighted by molar-refractivity contribution is 0.0512. The third-order valence-corrected chi connectivity index (χ3v) is 10.3. The Morgan fingerprint density at radius 2 is 0.740 bits per heavy atom. The monoisotopic (exact) mass is 1060 g/mol. The summed E-state index contributed by atoms with van der Waals surface area (Å²) in [6.07, 6.45) is -0.955. The zero-order valence-corrected chi connectivity index (χ0v) is 46.0. The zero-order valence-electron chi connectivity index (χ0n) is 46.0. The number of methoxy groups -OCH3 is 3. The lowest BCUT2D eigenvalue weighted by Gasteiger charge is -2.20. The first-order valence-corrected chi connectivity index (χ1v) is 23.6. The van der Waals surface area contributed by atoms with Crippen LogP contribution >= 0.6 is 0 Å². The second-order valence-electron chi connectivity index (χ2n) is 18.7. The Labute approximate surface area is 449 Å². The standard InChI is InChI=1S/C15H21NO4.C14H19NO4.C10H13NO2.C10H9NO2.C9H7NO2/c1-10-8-11(13(17)19-5)6-7-12(10)9-16-14(18)20-15(2,3)4;1-9-7-10(12(16)17)5-6-11(9)8-15-13(18)19-14(2,3)4;2*1-7-5-8(10(12)13-2)3-4-9(7)6-11;1-6-4-7(9(11)12)2-3-8(6)5-10/h6-8H,9H2,1-5H3,(H,16,18);5-7H,8H2,1-4H3,(H,15,18)(H,16,17);3-5H,6,11H2,1-2H3;3-5H,1-2H3;2-4H,1H3,(H,11,12). The van der Waals surface area contributed by atoms with E-state index in [2.05, 4.69) is 24.8 Å². The first-order valence-electron chi connectivity index (χ1n) is 23.6. The topological polar surface area (TPSA) is 304 Å². The second kappa shape index (κ2) is 31.6. The molecule has 0 spiro atoms. The summed E-state index contributed by atoms with van der Waals surface area (Å²) in [6, 6.07) is 28.6. The molecule has 0 aromatic heterocycles. The molecule has 5 aromatic rings. The molecule has 19 heteroatoms. The zero-order chi connectivity index (χ0) is 58.8. The van der Waals surface area contributed by atoms with Crippen LogP contribution in [0.1, 0.15) is 149 Å². The van der Waals surface area contributed by atoms with E-state index in [1.54, 1.807) is 102 Å². The van der Waals surface area contributed by atoms with Gasteiger partial charge in [-0.05, 0) is 193 Å². The number of aryl methyl sites for hydroxylation is 5. The highest BCUT2D eigenvalue weighted by Crippen LogP contribution is 2.16. The molecule has 0 saturated carbocycles. The largest absolute Gasteiger partial charge is 0.478 e. The van der Waals surface area contributed by atoms with Gasteiger partial charge in [0.05, 0.1) is 72.4 Å². The van der Waals surface area contributed by atoms with Crippen LogP contribution in [0, 0.1) is 57.3 Å². The molecule has 19 nitrogen and oxygen atoms in total. The van der Waals surface area contributed by atoms with E-state index in [0.29, 0.717) is 53.0 Å². The first-order chi connectivity index (χ1) is 35.9. The summed E-state index contributed by atoms with van der Waals surface area (Å²) in [5.74, 6) is -3.00. The predicted octanol–water partition coefficient (Wildman–Crippen LogP) is 9.98. The normalized spacial score (nSPS) is 10.1. The summed E-state index contributed by atoms with van der Waals surface area (Å²) >= 11 is 0. The maximum atomic E-state index is 11.6. The van der Waals surface area contributed by atoms with Gasteiger partial charge < -0.3 is 50.3 Å². The summed E-state index contributed by atoms with van der Waals surface area (Å²) < 4.78 is 24.1. The molecule has 0 aliphatic rings. The smallest absolute Gasteiger partial charge is 0.407 e. The number of nitrogens with two attached hydrogens (primary N) is 1. The third kappa shape index (κ3) is 24.2. The van der Waals surface area contributed by atoms with Gasteiger partial charge in [-0.15, -0.1) is 0 Å². The molecule has 5 aromatic carbocycles. The van der Waals surface area contributed by atoms with Crippen molar-refractivity contribution >= 4 is 42.0 Å². The molecule has 0 radical (unpaired) electrons. The van der Waals surface area contributed by atoms with Gasteiger partial charge in [0.2, 0.25) is 0 Å². The van der Waals surface area contributed by atoms with Crippen LogP contribution in [0.5, 0.6) is 0 Å². The molecule has 6 N–H and O–H groups in total. The molecule has 410 valence electrons. The third-order valence-electron chi connectivity index (χ3n) is 10.3. The minimum Gasteiger partial charge on any atom is -0.478 e.